The Hall–Kier alpha value is -1.11. The third kappa shape index (κ3) is 3.31. The van der Waals surface area contributed by atoms with Gasteiger partial charge in [0.05, 0.1) is 10.7 Å². The predicted molar refractivity (Wildman–Crippen MR) is 83.6 cm³/mol. The minimum atomic E-state index is -3.75. The van der Waals surface area contributed by atoms with E-state index in [9.17, 15) is 8.42 Å². The molecule has 1 heterocycles. The Balaban J connectivity index is 2.41. The molecule has 20 heavy (non-hydrogen) atoms. The Bertz CT molecular complexity index is 735. The van der Waals surface area contributed by atoms with Crippen LogP contribution in [0.25, 0.3) is 0 Å². The largest absolute Gasteiger partial charge is 0.279 e. The summed E-state index contributed by atoms with van der Waals surface area (Å²) in [6, 6.07) is 6.81. The maximum Gasteiger partial charge on any atom is 0.264 e. The molecular formula is C13H12BrClN2O2S. The Kier molecular flexibility index (Phi) is 4.67. The topological polar surface area (TPSA) is 59.1 Å². The summed E-state index contributed by atoms with van der Waals surface area (Å²) in [6.45, 7) is 1.95. The summed E-state index contributed by atoms with van der Waals surface area (Å²) < 4.78 is 28.1. The second-order valence-corrected chi connectivity index (χ2v) is 7.04. The van der Waals surface area contributed by atoms with E-state index < -0.39 is 10.0 Å². The van der Waals surface area contributed by atoms with Crippen LogP contribution in [0.2, 0.25) is 5.02 Å². The van der Waals surface area contributed by atoms with Crippen molar-refractivity contribution in [1.29, 1.82) is 0 Å². The maximum atomic E-state index is 12.3. The molecule has 0 bridgehead atoms. The summed E-state index contributed by atoms with van der Waals surface area (Å²) >= 11 is 9.27. The number of pyridine rings is 1. The summed E-state index contributed by atoms with van der Waals surface area (Å²) in [5.74, 6) is 0. The molecule has 0 fully saturated rings. The number of nitrogens with one attached hydrogen (secondary N) is 1. The molecule has 0 unspecified atom stereocenters. The van der Waals surface area contributed by atoms with Crippen molar-refractivity contribution >= 4 is 43.2 Å². The lowest BCUT2D eigenvalue weighted by Crippen LogP contribution is -2.15. The molecule has 0 aliphatic heterocycles. The zero-order chi connectivity index (χ0) is 14.8. The van der Waals surface area contributed by atoms with Crippen molar-refractivity contribution in [3.05, 3.63) is 51.7 Å². The molecule has 2 rings (SSSR count). The van der Waals surface area contributed by atoms with Gasteiger partial charge in [-0.3, -0.25) is 9.71 Å². The molecule has 0 saturated heterocycles. The van der Waals surface area contributed by atoms with Gasteiger partial charge in [-0.15, -0.1) is 0 Å². The first kappa shape index (κ1) is 15.3. The molecule has 1 N–H and O–H groups in total. The quantitative estimate of drug-likeness (QED) is 0.882. The van der Waals surface area contributed by atoms with Crippen LogP contribution in [-0.4, -0.2) is 13.4 Å². The van der Waals surface area contributed by atoms with E-state index in [1.807, 2.05) is 13.0 Å². The Morgan fingerprint density at radius 1 is 1.35 bits per heavy atom. The molecule has 0 spiro atoms. The fourth-order valence-electron chi connectivity index (χ4n) is 1.71. The molecule has 0 amide bonds. The zero-order valence-corrected chi connectivity index (χ0v) is 13.8. The number of nitrogens with zero attached hydrogens (tertiary/aromatic N) is 1. The highest BCUT2D eigenvalue weighted by atomic mass is 79.9. The number of anilines is 1. The van der Waals surface area contributed by atoms with Gasteiger partial charge in [-0.05, 0) is 36.2 Å². The van der Waals surface area contributed by atoms with Crippen molar-refractivity contribution in [1.82, 2.24) is 4.98 Å². The molecule has 0 aliphatic rings. The number of hydrogen-bond donors (Lipinski definition) is 1. The second-order valence-electron chi connectivity index (χ2n) is 4.07. The van der Waals surface area contributed by atoms with Crippen LogP contribution >= 0.6 is 27.5 Å². The van der Waals surface area contributed by atoms with Crippen LogP contribution in [0.3, 0.4) is 0 Å². The van der Waals surface area contributed by atoms with Crippen molar-refractivity contribution < 1.29 is 8.42 Å². The highest BCUT2D eigenvalue weighted by molar-refractivity contribution is 9.10. The van der Waals surface area contributed by atoms with Crippen LogP contribution in [0.1, 0.15) is 12.5 Å². The Labute approximate surface area is 131 Å². The summed E-state index contributed by atoms with van der Waals surface area (Å²) in [5, 5.41) is 0.141. The van der Waals surface area contributed by atoms with Crippen LogP contribution in [0, 0.1) is 0 Å². The minimum absolute atomic E-state index is 0.0355. The third-order valence-electron chi connectivity index (χ3n) is 2.72. The average Bonchev–Trinajstić information content (AvgIpc) is 2.41. The van der Waals surface area contributed by atoms with E-state index in [2.05, 4.69) is 25.6 Å². The van der Waals surface area contributed by atoms with Gasteiger partial charge in [-0.2, -0.15) is 0 Å². The summed E-state index contributed by atoms with van der Waals surface area (Å²) in [7, 11) is -3.75. The van der Waals surface area contributed by atoms with Gasteiger partial charge in [0.1, 0.15) is 4.90 Å². The standard InChI is InChI=1S/C13H12BrClN2O2S/c1-2-9-7-10(14)3-4-12(9)17-20(18,19)13-8-16-6-5-11(13)15/h3-8,17H,2H2,1H3. The number of hydrogen-bond acceptors (Lipinski definition) is 3. The summed E-state index contributed by atoms with van der Waals surface area (Å²) in [6.07, 6.45) is 3.38. The smallest absolute Gasteiger partial charge is 0.264 e. The van der Waals surface area contributed by atoms with Crippen molar-refractivity contribution in [2.75, 3.05) is 4.72 Å². The van der Waals surface area contributed by atoms with E-state index in [1.54, 1.807) is 12.1 Å². The number of aromatic nitrogens is 1. The molecule has 106 valence electrons. The first-order valence-corrected chi connectivity index (χ1v) is 8.50. The monoisotopic (exact) mass is 374 g/mol. The number of halogens is 2. The van der Waals surface area contributed by atoms with Crippen LogP contribution in [0.15, 0.2) is 46.0 Å². The van der Waals surface area contributed by atoms with E-state index in [-0.39, 0.29) is 9.92 Å². The highest BCUT2D eigenvalue weighted by Crippen LogP contribution is 2.26. The van der Waals surface area contributed by atoms with Crippen LogP contribution in [0.4, 0.5) is 5.69 Å². The lowest BCUT2D eigenvalue weighted by molar-refractivity contribution is 0.601. The summed E-state index contributed by atoms with van der Waals surface area (Å²) in [4.78, 5) is 3.76. The maximum absolute atomic E-state index is 12.3. The van der Waals surface area contributed by atoms with Crippen molar-refractivity contribution in [2.24, 2.45) is 0 Å². The molecule has 7 heteroatoms. The lowest BCUT2D eigenvalue weighted by Gasteiger charge is -2.12. The number of aryl methyl sites for hydroxylation is 1. The van der Waals surface area contributed by atoms with Crippen molar-refractivity contribution in [3.8, 4) is 0 Å². The van der Waals surface area contributed by atoms with Gasteiger partial charge in [-0.25, -0.2) is 8.42 Å². The first-order chi connectivity index (χ1) is 9.44. The normalized spacial score (nSPS) is 11.3. The van der Waals surface area contributed by atoms with E-state index in [0.29, 0.717) is 12.1 Å². The zero-order valence-electron chi connectivity index (χ0n) is 10.6. The second kappa shape index (κ2) is 6.11. The average molecular weight is 376 g/mol. The molecular weight excluding hydrogens is 364 g/mol. The van der Waals surface area contributed by atoms with E-state index >= 15 is 0 Å². The Morgan fingerprint density at radius 2 is 2.10 bits per heavy atom. The highest BCUT2D eigenvalue weighted by Gasteiger charge is 2.19. The molecule has 0 atom stereocenters. The van der Waals surface area contributed by atoms with Crippen LogP contribution < -0.4 is 4.72 Å². The van der Waals surface area contributed by atoms with Gasteiger partial charge in [0, 0.05) is 16.9 Å². The van der Waals surface area contributed by atoms with Crippen molar-refractivity contribution in [2.45, 2.75) is 18.2 Å². The van der Waals surface area contributed by atoms with Gasteiger partial charge in [0.25, 0.3) is 10.0 Å². The molecule has 0 radical (unpaired) electrons. The fourth-order valence-corrected chi connectivity index (χ4v) is 3.66. The third-order valence-corrected chi connectivity index (χ3v) is 5.04. The van der Waals surface area contributed by atoms with E-state index in [4.69, 9.17) is 11.6 Å². The van der Waals surface area contributed by atoms with E-state index in [0.717, 1.165) is 10.0 Å². The van der Waals surface area contributed by atoms with Crippen LogP contribution in [0.5, 0.6) is 0 Å². The van der Waals surface area contributed by atoms with Gasteiger partial charge >= 0.3 is 0 Å². The SMILES string of the molecule is CCc1cc(Br)ccc1NS(=O)(=O)c1cnccc1Cl. The Morgan fingerprint density at radius 3 is 2.75 bits per heavy atom. The van der Waals surface area contributed by atoms with Gasteiger partial charge < -0.3 is 0 Å². The lowest BCUT2D eigenvalue weighted by atomic mass is 10.1. The van der Waals surface area contributed by atoms with Gasteiger partial charge in [0.15, 0.2) is 0 Å². The molecule has 2 aromatic rings. The number of benzene rings is 1. The first-order valence-electron chi connectivity index (χ1n) is 5.85. The fraction of sp³-hybridized carbons (Fsp3) is 0.154. The predicted octanol–water partition coefficient (Wildman–Crippen LogP) is 3.86. The molecule has 1 aromatic carbocycles. The minimum Gasteiger partial charge on any atom is -0.279 e. The molecule has 4 nitrogen and oxygen atoms in total. The van der Waals surface area contributed by atoms with Crippen molar-refractivity contribution in [3.63, 3.8) is 0 Å². The number of rotatable bonds is 4. The number of sulfonamides is 1. The summed E-state index contributed by atoms with van der Waals surface area (Å²) in [5.41, 5.74) is 1.43. The molecule has 0 aliphatic carbocycles. The van der Waals surface area contributed by atoms with Gasteiger partial charge in [0.2, 0.25) is 0 Å². The van der Waals surface area contributed by atoms with Gasteiger partial charge in [-0.1, -0.05) is 34.5 Å². The van der Waals surface area contributed by atoms with E-state index in [1.165, 1.54) is 18.5 Å². The molecule has 0 saturated carbocycles. The van der Waals surface area contributed by atoms with Crippen LogP contribution in [-0.2, 0) is 16.4 Å². The molecule has 1 aromatic heterocycles.